The highest BCUT2D eigenvalue weighted by atomic mass is 16.5. The number of nitrogens with one attached hydrogen (secondary N) is 2. The molecule has 0 bridgehead atoms. The number of piperidine rings is 1. The lowest BCUT2D eigenvalue weighted by Crippen LogP contribution is -2.49. The molecule has 2 atom stereocenters. The number of likely N-dealkylation sites (tertiary alicyclic amines) is 1. The monoisotopic (exact) mass is 409 g/mol. The summed E-state index contributed by atoms with van der Waals surface area (Å²) in [6.45, 7) is 20.4. The molecule has 0 amide bonds. The van der Waals surface area contributed by atoms with E-state index in [1.54, 1.807) is 0 Å². The van der Waals surface area contributed by atoms with Crippen molar-refractivity contribution in [3.05, 3.63) is 0 Å². The molecule has 0 spiro atoms. The normalized spacial score (nSPS) is 23.6. The third-order valence-corrected chi connectivity index (χ3v) is 6.73. The van der Waals surface area contributed by atoms with E-state index in [1.807, 2.05) is 0 Å². The van der Waals surface area contributed by atoms with E-state index in [2.05, 4.69) is 55.1 Å². The smallest absolute Gasteiger partial charge is 0.191 e. The Morgan fingerprint density at radius 3 is 2.38 bits per heavy atom. The molecule has 0 aromatic heterocycles. The van der Waals surface area contributed by atoms with E-state index >= 15 is 0 Å². The second-order valence-corrected chi connectivity index (χ2v) is 8.99. The average molecular weight is 410 g/mol. The highest BCUT2D eigenvalue weighted by Crippen LogP contribution is 2.21. The van der Waals surface area contributed by atoms with Crippen LogP contribution in [-0.4, -0.2) is 86.9 Å². The lowest BCUT2D eigenvalue weighted by Gasteiger charge is -2.38. The molecule has 170 valence electrons. The molecule has 0 radical (unpaired) electrons. The number of rotatable bonds is 10. The number of aliphatic imine (C=N–C) groups is 1. The molecule has 0 aromatic rings. The lowest BCUT2D eigenvalue weighted by atomic mass is 9.92. The van der Waals surface area contributed by atoms with Crippen LogP contribution in [0.3, 0.4) is 0 Å². The molecule has 0 saturated carbocycles. The van der Waals surface area contributed by atoms with E-state index in [4.69, 9.17) is 9.73 Å². The van der Waals surface area contributed by atoms with Crippen LogP contribution in [0.2, 0.25) is 0 Å². The topological polar surface area (TPSA) is 52.1 Å². The quantitative estimate of drug-likeness (QED) is 0.429. The fraction of sp³-hybridized carbons (Fsp3) is 0.957. The van der Waals surface area contributed by atoms with Gasteiger partial charge in [-0.1, -0.05) is 26.7 Å². The van der Waals surface area contributed by atoms with Crippen molar-refractivity contribution in [2.24, 2.45) is 16.8 Å². The predicted molar refractivity (Wildman–Crippen MR) is 124 cm³/mol. The largest absolute Gasteiger partial charge is 0.379 e. The second-order valence-electron chi connectivity index (χ2n) is 8.99. The summed E-state index contributed by atoms with van der Waals surface area (Å²) >= 11 is 0. The van der Waals surface area contributed by atoms with Crippen LogP contribution in [0.15, 0.2) is 4.99 Å². The summed E-state index contributed by atoms with van der Waals surface area (Å²) < 4.78 is 5.59. The predicted octanol–water partition coefficient (Wildman–Crippen LogP) is 2.80. The van der Waals surface area contributed by atoms with Gasteiger partial charge in [0.05, 0.1) is 19.8 Å². The van der Waals surface area contributed by atoms with Crippen molar-refractivity contribution < 1.29 is 4.74 Å². The SMILES string of the molecule is CCNC(=NCC(C(CC)CC)N1CCOCC1)NCC1CCCN(C(C)C)C1. The molecule has 2 aliphatic rings. The Morgan fingerprint density at radius 2 is 1.76 bits per heavy atom. The summed E-state index contributed by atoms with van der Waals surface area (Å²) in [4.78, 5) is 10.3. The van der Waals surface area contributed by atoms with Gasteiger partial charge in [-0.2, -0.15) is 0 Å². The second kappa shape index (κ2) is 13.5. The van der Waals surface area contributed by atoms with E-state index in [9.17, 15) is 0 Å². The minimum absolute atomic E-state index is 0.510. The van der Waals surface area contributed by atoms with Crippen LogP contribution in [0, 0.1) is 11.8 Å². The van der Waals surface area contributed by atoms with Gasteiger partial charge in [0.15, 0.2) is 5.96 Å². The van der Waals surface area contributed by atoms with E-state index in [-0.39, 0.29) is 0 Å². The summed E-state index contributed by atoms with van der Waals surface area (Å²) in [6.07, 6.45) is 5.06. The molecular formula is C23H47N5O. The first-order chi connectivity index (χ1) is 14.1. The van der Waals surface area contributed by atoms with E-state index in [0.29, 0.717) is 23.9 Å². The minimum atomic E-state index is 0.510. The lowest BCUT2D eigenvalue weighted by molar-refractivity contribution is 0.00395. The van der Waals surface area contributed by atoms with Crippen molar-refractivity contribution in [1.82, 2.24) is 20.4 Å². The number of hydrogen-bond acceptors (Lipinski definition) is 4. The molecule has 0 aliphatic carbocycles. The zero-order valence-electron chi connectivity index (χ0n) is 19.8. The molecule has 29 heavy (non-hydrogen) atoms. The maximum absolute atomic E-state index is 5.59. The molecule has 2 rings (SSSR count). The van der Waals surface area contributed by atoms with Crippen molar-refractivity contribution in [3.8, 4) is 0 Å². The Bertz CT molecular complexity index is 460. The molecule has 2 N–H and O–H groups in total. The van der Waals surface area contributed by atoms with Crippen molar-refractivity contribution in [2.45, 2.75) is 72.4 Å². The number of hydrogen-bond donors (Lipinski definition) is 2. The van der Waals surface area contributed by atoms with Gasteiger partial charge in [-0.25, -0.2) is 0 Å². The third-order valence-electron chi connectivity index (χ3n) is 6.73. The molecular weight excluding hydrogens is 362 g/mol. The van der Waals surface area contributed by atoms with E-state index in [0.717, 1.165) is 51.9 Å². The Balaban J connectivity index is 1.95. The van der Waals surface area contributed by atoms with Crippen molar-refractivity contribution in [1.29, 1.82) is 0 Å². The molecule has 2 aliphatic heterocycles. The van der Waals surface area contributed by atoms with Crippen LogP contribution < -0.4 is 10.6 Å². The Labute approximate surface area is 179 Å². The van der Waals surface area contributed by atoms with Crippen LogP contribution in [0.1, 0.15) is 60.3 Å². The van der Waals surface area contributed by atoms with Crippen molar-refractivity contribution in [2.75, 3.05) is 59.0 Å². The summed E-state index contributed by atoms with van der Waals surface area (Å²) in [5, 5.41) is 7.12. The van der Waals surface area contributed by atoms with Crippen molar-refractivity contribution in [3.63, 3.8) is 0 Å². The number of ether oxygens (including phenoxy) is 1. The van der Waals surface area contributed by atoms with E-state index in [1.165, 1.54) is 38.8 Å². The van der Waals surface area contributed by atoms with Gasteiger partial charge in [0, 0.05) is 44.8 Å². The number of morpholine rings is 1. The van der Waals surface area contributed by atoms with Gasteiger partial charge in [-0.05, 0) is 52.0 Å². The summed E-state index contributed by atoms with van der Waals surface area (Å²) in [7, 11) is 0. The zero-order chi connectivity index (χ0) is 21.1. The molecule has 2 fully saturated rings. The van der Waals surface area contributed by atoms with Crippen LogP contribution in [-0.2, 0) is 4.74 Å². The maximum atomic E-state index is 5.59. The van der Waals surface area contributed by atoms with Crippen LogP contribution in [0.25, 0.3) is 0 Å². The molecule has 2 unspecified atom stereocenters. The first-order valence-electron chi connectivity index (χ1n) is 12.2. The van der Waals surface area contributed by atoms with Gasteiger partial charge < -0.3 is 20.3 Å². The Hall–Kier alpha value is -0.850. The summed E-state index contributed by atoms with van der Waals surface area (Å²) in [6, 6.07) is 1.16. The molecule has 2 heterocycles. The van der Waals surface area contributed by atoms with Gasteiger partial charge in [0.25, 0.3) is 0 Å². The molecule has 2 saturated heterocycles. The number of guanidine groups is 1. The Morgan fingerprint density at radius 1 is 1.03 bits per heavy atom. The average Bonchev–Trinajstić information content (AvgIpc) is 2.75. The number of nitrogens with zero attached hydrogens (tertiary/aromatic N) is 3. The van der Waals surface area contributed by atoms with Gasteiger partial charge in [0.1, 0.15) is 0 Å². The first-order valence-corrected chi connectivity index (χ1v) is 12.2. The van der Waals surface area contributed by atoms with Crippen LogP contribution in [0.5, 0.6) is 0 Å². The maximum Gasteiger partial charge on any atom is 0.191 e. The van der Waals surface area contributed by atoms with Gasteiger partial charge in [-0.3, -0.25) is 9.89 Å². The molecule has 0 aromatic carbocycles. The highest BCUT2D eigenvalue weighted by molar-refractivity contribution is 5.79. The van der Waals surface area contributed by atoms with Gasteiger partial charge in [0.2, 0.25) is 0 Å². The highest BCUT2D eigenvalue weighted by Gasteiger charge is 2.27. The minimum Gasteiger partial charge on any atom is -0.379 e. The Kier molecular flexibility index (Phi) is 11.3. The van der Waals surface area contributed by atoms with E-state index < -0.39 is 0 Å². The van der Waals surface area contributed by atoms with Gasteiger partial charge >= 0.3 is 0 Å². The first kappa shape index (κ1) is 24.4. The van der Waals surface area contributed by atoms with Gasteiger partial charge in [-0.15, -0.1) is 0 Å². The zero-order valence-corrected chi connectivity index (χ0v) is 19.8. The molecule has 6 heteroatoms. The standard InChI is InChI=1S/C23H47N5O/c1-6-21(7-2)22(27-12-14-29-15-13-27)17-26-23(24-8-3)25-16-20-10-9-11-28(18-20)19(4)5/h19-22H,6-18H2,1-5H3,(H2,24,25,26). The van der Waals surface area contributed by atoms with Crippen molar-refractivity contribution >= 4 is 5.96 Å². The molecule has 6 nitrogen and oxygen atoms in total. The third kappa shape index (κ3) is 8.06. The summed E-state index contributed by atoms with van der Waals surface area (Å²) in [5.74, 6) is 2.39. The van der Waals surface area contributed by atoms with Crippen LogP contribution >= 0.6 is 0 Å². The fourth-order valence-corrected chi connectivity index (χ4v) is 4.81. The fourth-order valence-electron chi connectivity index (χ4n) is 4.81. The summed E-state index contributed by atoms with van der Waals surface area (Å²) in [5.41, 5.74) is 0. The van der Waals surface area contributed by atoms with Crippen LogP contribution in [0.4, 0.5) is 0 Å².